The fourth-order valence-electron chi connectivity index (χ4n) is 1.32. The summed E-state index contributed by atoms with van der Waals surface area (Å²) in [6, 6.07) is 8.20. The molecule has 0 fully saturated rings. The van der Waals surface area contributed by atoms with Crippen molar-refractivity contribution < 1.29 is 13.6 Å². The zero-order chi connectivity index (χ0) is 12.3. The van der Waals surface area contributed by atoms with E-state index in [-0.39, 0.29) is 0 Å². The summed E-state index contributed by atoms with van der Waals surface area (Å²) in [7, 11) is 0. The minimum absolute atomic E-state index is 0.325. The van der Waals surface area contributed by atoms with Crippen LogP contribution in [0.2, 0.25) is 0 Å². The summed E-state index contributed by atoms with van der Waals surface area (Å²) in [5.41, 5.74) is 1.11. The second kappa shape index (κ2) is 4.73. The van der Waals surface area contributed by atoms with E-state index in [2.05, 4.69) is 10.4 Å². The van der Waals surface area contributed by atoms with Crippen LogP contribution in [0.5, 0.6) is 0 Å². The van der Waals surface area contributed by atoms with Gasteiger partial charge in [0.1, 0.15) is 0 Å². The van der Waals surface area contributed by atoms with Crippen LogP contribution in [0.1, 0.15) is 0 Å². The van der Waals surface area contributed by atoms with Crippen molar-refractivity contribution >= 4 is 11.6 Å². The Hall–Kier alpha value is -2.24. The summed E-state index contributed by atoms with van der Waals surface area (Å²) in [6.07, 6.45) is 0.375. The molecule has 0 saturated carbocycles. The highest BCUT2D eigenvalue weighted by Crippen LogP contribution is 2.13. The molecule has 0 atom stereocenters. The zero-order valence-corrected chi connectivity index (χ0v) is 8.68. The number of hydrogen-bond donors (Lipinski definition) is 1. The van der Waals surface area contributed by atoms with Crippen LogP contribution in [0.15, 0.2) is 42.7 Å². The van der Waals surface area contributed by atoms with E-state index in [0.29, 0.717) is 5.69 Å². The third-order valence-electron chi connectivity index (χ3n) is 2.10. The molecule has 88 valence electrons. The van der Waals surface area contributed by atoms with Gasteiger partial charge in [0, 0.05) is 18.1 Å². The lowest BCUT2D eigenvalue weighted by Gasteiger charge is -2.05. The van der Waals surface area contributed by atoms with Crippen LogP contribution < -0.4 is 5.32 Å². The summed E-state index contributed by atoms with van der Waals surface area (Å²) in [5.74, 6) is -1.31. The molecule has 0 radical (unpaired) electrons. The number of halogens is 2. The first kappa shape index (κ1) is 11.3. The van der Waals surface area contributed by atoms with Gasteiger partial charge in [-0.3, -0.25) is 4.79 Å². The molecule has 2 aromatic rings. The standard InChI is InChI=1S/C11H9F2N3O/c12-10(13)11(17)15-8-2-4-9(5-3-8)16-7-1-6-14-16/h1-7,10H,(H,15,17). The molecule has 0 saturated heterocycles. The number of benzene rings is 1. The van der Waals surface area contributed by atoms with E-state index >= 15 is 0 Å². The average molecular weight is 237 g/mol. The molecule has 1 N–H and O–H groups in total. The molecule has 1 amide bonds. The quantitative estimate of drug-likeness (QED) is 0.888. The van der Waals surface area contributed by atoms with E-state index in [9.17, 15) is 13.6 Å². The van der Waals surface area contributed by atoms with Crippen LogP contribution in [0, 0.1) is 0 Å². The highest BCUT2D eigenvalue weighted by molar-refractivity contribution is 5.93. The van der Waals surface area contributed by atoms with Crippen LogP contribution in [0.4, 0.5) is 14.5 Å². The van der Waals surface area contributed by atoms with E-state index in [0.717, 1.165) is 5.69 Å². The predicted octanol–water partition coefficient (Wildman–Crippen LogP) is 2.08. The van der Waals surface area contributed by atoms with Crippen LogP contribution in [-0.2, 0) is 4.79 Å². The van der Waals surface area contributed by atoms with E-state index in [1.54, 1.807) is 35.3 Å². The van der Waals surface area contributed by atoms with Gasteiger partial charge in [0.15, 0.2) is 0 Å². The second-order valence-corrected chi connectivity index (χ2v) is 3.29. The van der Waals surface area contributed by atoms with Crippen molar-refractivity contribution in [3.63, 3.8) is 0 Å². The number of anilines is 1. The summed E-state index contributed by atoms with van der Waals surface area (Å²) < 4.78 is 25.6. The van der Waals surface area contributed by atoms with Gasteiger partial charge in [-0.15, -0.1) is 0 Å². The number of carbonyl (C=O) groups is 1. The Morgan fingerprint density at radius 2 is 2.00 bits per heavy atom. The third kappa shape index (κ3) is 2.66. The lowest BCUT2D eigenvalue weighted by molar-refractivity contribution is -0.126. The fraction of sp³-hybridized carbons (Fsp3) is 0.0909. The molecule has 0 aliphatic heterocycles. The number of nitrogens with one attached hydrogen (secondary N) is 1. The van der Waals surface area contributed by atoms with Gasteiger partial charge >= 0.3 is 6.43 Å². The summed E-state index contributed by atoms with van der Waals surface area (Å²) in [4.78, 5) is 10.7. The number of amides is 1. The van der Waals surface area contributed by atoms with Crippen LogP contribution in [-0.4, -0.2) is 22.1 Å². The summed E-state index contributed by atoms with van der Waals surface area (Å²) in [6.45, 7) is 0. The monoisotopic (exact) mass is 237 g/mol. The molecule has 4 nitrogen and oxygen atoms in total. The highest BCUT2D eigenvalue weighted by Gasteiger charge is 2.14. The zero-order valence-electron chi connectivity index (χ0n) is 8.68. The first-order chi connectivity index (χ1) is 8.16. The van der Waals surface area contributed by atoms with Gasteiger partial charge in [-0.25, -0.2) is 4.68 Å². The van der Waals surface area contributed by atoms with Gasteiger partial charge in [0.2, 0.25) is 0 Å². The van der Waals surface area contributed by atoms with Gasteiger partial charge in [-0.05, 0) is 30.3 Å². The number of rotatable bonds is 3. The van der Waals surface area contributed by atoms with Crippen molar-refractivity contribution in [3.05, 3.63) is 42.7 Å². The van der Waals surface area contributed by atoms with Crippen molar-refractivity contribution in [2.75, 3.05) is 5.32 Å². The second-order valence-electron chi connectivity index (χ2n) is 3.29. The Morgan fingerprint density at radius 3 is 2.53 bits per heavy atom. The highest BCUT2D eigenvalue weighted by atomic mass is 19.3. The van der Waals surface area contributed by atoms with Gasteiger partial charge in [0.25, 0.3) is 5.91 Å². The Balaban J connectivity index is 2.11. The molecule has 0 unspecified atom stereocenters. The maximum atomic E-state index is 12.0. The molecule has 1 aromatic heterocycles. The van der Waals surface area contributed by atoms with Gasteiger partial charge in [0.05, 0.1) is 5.69 Å². The van der Waals surface area contributed by atoms with Crippen molar-refractivity contribution in [1.82, 2.24) is 9.78 Å². The molecule has 0 aliphatic rings. The number of nitrogens with zero attached hydrogens (tertiary/aromatic N) is 2. The molecule has 17 heavy (non-hydrogen) atoms. The predicted molar refractivity (Wildman–Crippen MR) is 58.2 cm³/mol. The molecule has 0 aliphatic carbocycles. The summed E-state index contributed by atoms with van der Waals surface area (Å²) >= 11 is 0. The molecular weight excluding hydrogens is 228 g/mol. The maximum Gasteiger partial charge on any atom is 0.315 e. The Labute approximate surface area is 95.9 Å². The van der Waals surface area contributed by atoms with Crippen LogP contribution in [0.3, 0.4) is 0 Å². The van der Waals surface area contributed by atoms with Crippen molar-refractivity contribution in [3.8, 4) is 5.69 Å². The minimum atomic E-state index is -3.01. The maximum absolute atomic E-state index is 12.0. The topological polar surface area (TPSA) is 46.9 Å². The summed E-state index contributed by atoms with van der Waals surface area (Å²) in [5, 5.41) is 6.11. The molecule has 1 heterocycles. The lowest BCUT2D eigenvalue weighted by Crippen LogP contribution is -2.19. The minimum Gasteiger partial charge on any atom is -0.321 e. The number of aromatic nitrogens is 2. The normalized spacial score (nSPS) is 10.5. The lowest BCUT2D eigenvalue weighted by atomic mass is 10.3. The van der Waals surface area contributed by atoms with Gasteiger partial charge in [-0.1, -0.05) is 0 Å². The Bertz CT molecular complexity index is 494. The van der Waals surface area contributed by atoms with Crippen molar-refractivity contribution in [2.45, 2.75) is 6.43 Å². The van der Waals surface area contributed by atoms with E-state index in [4.69, 9.17) is 0 Å². The largest absolute Gasteiger partial charge is 0.321 e. The van der Waals surface area contributed by atoms with Gasteiger partial charge in [-0.2, -0.15) is 13.9 Å². The van der Waals surface area contributed by atoms with Crippen molar-refractivity contribution in [1.29, 1.82) is 0 Å². The first-order valence-electron chi connectivity index (χ1n) is 4.86. The van der Waals surface area contributed by atoms with E-state index in [1.807, 2.05) is 0 Å². The number of alkyl halides is 2. The van der Waals surface area contributed by atoms with E-state index in [1.165, 1.54) is 12.1 Å². The van der Waals surface area contributed by atoms with Crippen LogP contribution in [0.25, 0.3) is 5.69 Å². The van der Waals surface area contributed by atoms with Crippen LogP contribution >= 0.6 is 0 Å². The molecule has 1 aromatic carbocycles. The molecule has 2 rings (SSSR count). The Morgan fingerprint density at radius 1 is 1.29 bits per heavy atom. The number of carbonyl (C=O) groups excluding carboxylic acids is 1. The average Bonchev–Trinajstić information content (AvgIpc) is 2.83. The third-order valence-corrected chi connectivity index (χ3v) is 2.10. The van der Waals surface area contributed by atoms with Gasteiger partial charge < -0.3 is 5.32 Å². The fourth-order valence-corrected chi connectivity index (χ4v) is 1.32. The smallest absolute Gasteiger partial charge is 0.315 e. The molecule has 6 heteroatoms. The molecular formula is C11H9F2N3O. The first-order valence-corrected chi connectivity index (χ1v) is 4.86. The number of hydrogen-bond acceptors (Lipinski definition) is 2. The van der Waals surface area contributed by atoms with E-state index < -0.39 is 12.3 Å². The SMILES string of the molecule is O=C(Nc1ccc(-n2cccn2)cc1)C(F)F. The van der Waals surface area contributed by atoms with Crippen molar-refractivity contribution in [2.24, 2.45) is 0 Å². The molecule has 0 spiro atoms. The Kier molecular flexibility index (Phi) is 3.13. The molecule has 0 bridgehead atoms.